The van der Waals surface area contributed by atoms with E-state index in [4.69, 9.17) is 15.0 Å². The molecule has 0 bridgehead atoms. The van der Waals surface area contributed by atoms with Gasteiger partial charge < -0.3 is 25.5 Å². The SMILES string of the molecule is CC1(C)OB(c2cnc(N)c(-c3ccc(C(=O)N[C@H](CO)c4ccccc4)c(F)c3)n2)OC1(C)C. The molecule has 1 aliphatic heterocycles. The first-order valence-corrected chi connectivity index (χ1v) is 11.3. The van der Waals surface area contributed by atoms with Gasteiger partial charge in [0.15, 0.2) is 0 Å². The highest BCUT2D eigenvalue weighted by molar-refractivity contribution is 6.61. The van der Waals surface area contributed by atoms with E-state index in [1.165, 1.54) is 18.3 Å². The molecule has 35 heavy (non-hydrogen) atoms. The number of amides is 1. The van der Waals surface area contributed by atoms with Crippen LogP contribution in [0.1, 0.15) is 49.7 Å². The lowest BCUT2D eigenvalue weighted by molar-refractivity contribution is 0.00578. The minimum atomic E-state index is -0.757. The van der Waals surface area contributed by atoms with Crippen LogP contribution in [0.2, 0.25) is 0 Å². The average molecular weight is 478 g/mol. The van der Waals surface area contributed by atoms with Crippen LogP contribution < -0.4 is 16.6 Å². The van der Waals surface area contributed by atoms with Gasteiger partial charge in [0.1, 0.15) is 17.3 Å². The first-order valence-electron chi connectivity index (χ1n) is 11.3. The average Bonchev–Trinajstić information content (AvgIpc) is 3.04. The van der Waals surface area contributed by atoms with Crippen molar-refractivity contribution in [3.05, 3.63) is 71.7 Å². The Labute approximate surface area is 203 Å². The summed E-state index contributed by atoms with van der Waals surface area (Å²) < 4.78 is 27.1. The number of carbonyl (C=O) groups excluding carboxylic acids is 1. The third-order valence-corrected chi connectivity index (χ3v) is 6.49. The smallest absolute Gasteiger partial charge is 0.398 e. The van der Waals surface area contributed by atoms with Crippen LogP contribution in [0, 0.1) is 5.82 Å². The Balaban J connectivity index is 1.58. The van der Waals surface area contributed by atoms with Crippen LogP contribution in [0.25, 0.3) is 11.3 Å². The summed E-state index contributed by atoms with van der Waals surface area (Å²) in [6.07, 6.45) is 1.47. The summed E-state index contributed by atoms with van der Waals surface area (Å²) in [6, 6.07) is 12.4. The number of nitrogens with one attached hydrogen (secondary N) is 1. The third kappa shape index (κ3) is 4.91. The van der Waals surface area contributed by atoms with Crippen LogP contribution in [-0.2, 0) is 9.31 Å². The van der Waals surface area contributed by atoms with Gasteiger partial charge in [0, 0.05) is 11.8 Å². The van der Waals surface area contributed by atoms with Gasteiger partial charge in [-0.1, -0.05) is 36.4 Å². The lowest BCUT2D eigenvalue weighted by atomic mass is 9.85. The topological polar surface area (TPSA) is 120 Å². The molecular weight excluding hydrogens is 450 g/mol. The van der Waals surface area contributed by atoms with E-state index in [1.807, 2.05) is 33.8 Å². The maximum atomic E-state index is 15.0. The van der Waals surface area contributed by atoms with Crippen molar-refractivity contribution in [2.24, 2.45) is 0 Å². The molecule has 3 aromatic rings. The fourth-order valence-electron chi connectivity index (χ4n) is 3.70. The van der Waals surface area contributed by atoms with Gasteiger partial charge in [-0.25, -0.2) is 9.37 Å². The molecule has 4 rings (SSSR count). The molecular formula is C25H28BFN4O4. The van der Waals surface area contributed by atoms with E-state index in [-0.39, 0.29) is 23.7 Å². The molecule has 1 aliphatic rings. The summed E-state index contributed by atoms with van der Waals surface area (Å²) in [4.78, 5) is 21.5. The van der Waals surface area contributed by atoms with Crippen molar-refractivity contribution in [1.29, 1.82) is 0 Å². The maximum absolute atomic E-state index is 15.0. The largest absolute Gasteiger partial charge is 0.516 e. The highest BCUT2D eigenvalue weighted by Crippen LogP contribution is 2.36. The van der Waals surface area contributed by atoms with Gasteiger partial charge in [-0.05, 0) is 45.4 Å². The van der Waals surface area contributed by atoms with Crippen molar-refractivity contribution in [2.75, 3.05) is 12.3 Å². The molecule has 0 spiro atoms. The quantitative estimate of drug-likeness (QED) is 0.466. The molecule has 0 unspecified atom stereocenters. The van der Waals surface area contributed by atoms with Crippen LogP contribution in [0.5, 0.6) is 0 Å². The number of halogens is 1. The first kappa shape index (κ1) is 24.8. The molecule has 8 nitrogen and oxygen atoms in total. The minimum absolute atomic E-state index is 0.103. The van der Waals surface area contributed by atoms with Crippen molar-refractivity contribution in [3.63, 3.8) is 0 Å². The van der Waals surface area contributed by atoms with E-state index in [2.05, 4.69) is 15.3 Å². The molecule has 1 amide bonds. The number of hydrogen-bond acceptors (Lipinski definition) is 7. The Morgan fingerprint density at radius 2 is 1.80 bits per heavy atom. The van der Waals surface area contributed by atoms with Gasteiger partial charge in [-0.3, -0.25) is 9.78 Å². The summed E-state index contributed by atoms with van der Waals surface area (Å²) >= 11 is 0. The molecule has 0 saturated carbocycles. The summed E-state index contributed by atoms with van der Waals surface area (Å²) in [5.41, 5.74) is 6.46. The van der Waals surface area contributed by atoms with Crippen molar-refractivity contribution >= 4 is 24.4 Å². The second kappa shape index (κ2) is 9.37. The molecule has 2 heterocycles. The number of anilines is 1. The van der Waals surface area contributed by atoms with Crippen molar-refractivity contribution in [1.82, 2.24) is 15.3 Å². The minimum Gasteiger partial charge on any atom is -0.398 e. The first-order chi connectivity index (χ1) is 16.5. The monoisotopic (exact) mass is 478 g/mol. The Bertz CT molecular complexity index is 1220. The number of nitrogen functional groups attached to an aromatic ring is 1. The number of hydrogen-bond donors (Lipinski definition) is 3. The number of aliphatic hydroxyl groups excluding tert-OH is 1. The van der Waals surface area contributed by atoms with E-state index in [0.29, 0.717) is 16.7 Å². The standard InChI is InChI=1S/C25H28BFN4O4/c1-24(2)25(3,4)35-26(34-24)20-13-29-22(28)21(31-20)16-10-11-17(18(27)12-16)23(33)30-19(14-32)15-8-6-5-7-9-15/h5-13,19,32H,14H2,1-4H3,(H2,28,29)(H,30,33)/t19-/m1/s1. The zero-order valence-corrected chi connectivity index (χ0v) is 20.1. The van der Waals surface area contributed by atoms with E-state index >= 15 is 4.39 Å². The predicted molar refractivity (Wildman–Crippen MR) is 131 cm³/mol. The van der Waals surface area contributed by atoms with Gasteiger partial charge in [-0.15, -0.1) is 0 Å². The van der Waals surface area contributed by atoms with Gasteiger partial charge in [0.05, 0.1) is 35.0 Å². The lowest BCUT2D eigenvalue weighted by Gasteiger charge is -2.32. The van der Waals surface area contributed by atoms with Crippen LogP contribution in [0.3, 0.4) is 0 Å². The molecule has 0 aliphatic carbocycles. The molecule has 10 heteroatoms. The number of carbonyl (C=O) groups is 1. The van der Waals surface area contributed by atoms with Gasteiger partial charge >= 0.3 is 7.12 Å². The molecule has 0 radical (unpaired) electrons. The van der Waals surface area contributed by atoms with Crippen LogP contribution in [-0.4, -0.2) is 45.9 Å². The van der Waals surface area contributed by atoms with Crippen molar-refractivity contribution in [3.8, 4) is 11.3 Å². The molecule has 1 aromatic heterocycles. The van der Waals surface area contributed by atoms with E-state index in [1.54, 1.807) is 30.3 Å². The summed E-state index contributed by atoms with van der Waals surface area (Å²) in [7, 11) is -0.754. The van der Waals surface area contributed by atoms with E-state index in [9.17, 15) is 9.90 Å². The molecule has 4 N–H and O–H groups in total. The Hall–Kier alpha value is -3.34. The van der Waals surface area contributed by atoms with Gasteiger partial charge in [0.2, 0.25) is 0 Å². The maximum Gasteiger partial charge on any atom is 0.516 e. The number of aromatic nitrogens is 2. The molecule has 1 fully saturated rings. The van der Waals surface area contributed by atoms with Crippen LogP contribution in [0.15, 0.2) is 54.7 Å². The zero-order chi connectivity index (χ0) is 25.4. The molecule has 1 saturated heterocycles. The fraction of sp³-hybridized carbons (Fsp3) is 0.320. The molecule has 1 atom stereocenters. The number of rotatable bonds is 6. The van der Waals surface area contributed by atoms with E-state index < -0.39 is 36.1 Å². The fourth-order valence-corrected chi connectivity index (χ4v) is 3.70. The highest BCUT2D eigenvalue weighted by Gasteiger charge is 2.52. The van der Waals surface area contributed by atoms with Gasteiger partial charge in [-0.2, -0.15) is 0 Å². The van der Waals surface area contributed by atoms with Crippen LogP contribution in [0.4, 0.5) is 10.2 Å². The lowest BCUT2D eigenvalue weighted by Crippen LogP contribution is -2.41. The summed E-state index contributed by atoms with van der Waals surface area (Å²) in [5.74, 6) is -1.31. The van der Waals surface area contributed by atoms with E-state index in [0.717, 1.165) is 0 Å². The predicted octanol–water partition coefficient (Wildman–Crippen LogP) is 2.63. The third-order valence-electron chi connectivity index (χ3n) is 6.49. The van der Waals surface area contributed by atoms with Crippen LogP contribution >= 0.6 is 0 Å². The Kier molecular flexibility index (Phi) is 6.63. The number of nitrogens with two attached hydrogens (primary N) is 1. The van der Waals surface area contributed by atoms with Gasteiger partial charge in [0.25, 0.3) is 5.91 Å². The summed E-state index contributed by atoms with van der Waals surface area (Å²) in [5, 5.41) is 12.3. The second-order valence-corrected chi connectivity index (χ2v) is 9.43. The Morgan fingerprint density at radius 1 is 1.14 bits per heavy atom. The van der Waals surface area contributed by atoms with Crippen molar-refractivity contribution < 1.29 is 23.6 Å². The normalized spacial score (nSPS) is 17.3. The highest BCUT2D eigenvalue weighted by atomic mass is 19.1. The second-order valence-electron chi connectivity index (χ2n) is 9.43. The molecule has 2 aromatic carbocycles. The number of nitrogens with zero attached hydrogens (tertiary/aromatic N) is 2. The number of aliphatic hydroxyl groups is 1. The molecule has 182 valence electrons. The number of benzene rings is 2. The zero-order valence-electron chi connectivity index (χ0n) is 20.1. The Morgan fingerprint density at radius 3 is 2.40 bits per heavy atom. The summed E-state index contributed by atoms with van der Waals surface area (Å²) in [6.45, 7) is 7.38. The van der Waals surface area contributed by atoms with Crippen molar-refractivity contribution in [2.45, 2.75) is 44.9 Å².